The summed E-state index contributed by atoms with van der Waals surface area (Å²) in [6.45, 7) is 1.18. The number of carbonyl (C=O) groups excluding carboxylic acids is 1. The fourth-order valence-electron chi connectivity index (χ4n) is 2.99. The molecule has 1 aliphatic rings. The van der Waals surface area contributed by atoms with Gasteiger partial charge in [0.15, 0.2) is 0 Å². The molecule has 0 saturated heterocycles. The lowest BCUT2D eigenvalue weighted by molar-refractivity contribution is 0.0735. The second-order valence-electron chi connectivity index (χ2n) is 5.69. The van der Waals surface area contributed by atoms with Crippen LogP contribution in [-0.4, -0.2) is 22.3 Å². The van der Waals surface area contributed by atoms with Crippen LogP contribution in [0.2, 0.25) is 5.02 Å². The number of pyridine rings is 1. The van der Waals surface area contributed by atoms with Gasteiger partial charge in [-0.3, -0.25) is 9.59 Å². The first-order valence-corrected chi connectivity index (χ1v) is 9.44. The zero-order valence-corrected chi connectivity index (χ0v) is 15.6. The van der Waals surface area contributed by atoms with Gasteiger partial charge in [0.1, 0.15) is 5.56 Å². The van der Waals surface area contributed by atoms with Crippen molar-refractivity contribution >= 4 is 55.7 Å². The van der Waals surface area contributed by atoms with Gasteiger partial charge in [0.2, 0.25) is 5.43 Å². The monoisotopic (exact) mass is 422 g/mol. The van der Waals surface area contributed by atoms with E-state index in [1.165, 1.54) is 16.6 Å². The number of halogens is 2. The summed E-state index contributed by atoms with van der Waals surface area (Å²) in [6.07, 6.45) is 2.30. The van der Waals surface area contributed by atoms with E-state index in [1.54, 1.807) is 28.4 Å². The zero-order chi connectivity index (χ0) is 16.8. The molecule has 1 aliphatic heterocycles. The second-order valence-corrected chi connectivity index (χ2v) is 8.01. The van der Waals surface area contributed by atoms with Crippen molar-refractivity contribution in [3.8, 4) is 0 Å². The van der Waals surface area contributed by atoms with Crippen LogP contribution in [0.15, 0.2) is 39.0 Å². The molecular formula is C17H12BrClN2O2S. The maximum absolute atomic E-state index is 12.8. The van der Waals surface area contributed by atoms with E-state index in [0.29, 0.717) is 33.5 Å². The van der Waals surface area contributed by atoms with Crippen molar-refractivity contribution in [1.29, 1.82) is 0 Å². The number of aromatic nitrogens is 1. The molecule has 0 saturated carbocycles. The molecule has 0 unspecified atom stereocenters. The number of fused-ring (bicyclic) bond motifs is 2. The molecule has 0 radical (unpaired) electrons. The molecule has 7 heteroatoms. The van der Waals surface area contributed by atoms with Crippen molar-refractivity contribution in [2.45, 2.75) is 13.0 Å². The van der Waals surface area contributed by atoms with Gasteiger partial charge in [0.25, 0.3) is 5.91 Å². The quantitative estimate of drug-likeness (QED) is 0.637. The maximum atomic E-state index is 12.8. The third kappa shape index (κ3) is 2.59. The van der Waals surface area contributed by atoms with Crippen LogP contribution < -0.4 is 5.43 Å². The molecule has 4 nitrogen and oxygen atoms in total. The van der Waals surface area contributed by atoms with Crippen molar-refractivity contribution in [2.75, 3.05) is 6.54 Å². The molecule has 3 heterocycles. The number of nitrogens with one attached hydrogen (secondary N) is 1. The van der Waals surface area contributed by atoms with E-state index >= 15 is 0 Å². The highest BCUT2D eigenvalue weighted by Gasteiger charge is 2.25. The Kier molecular flexibility index (Phi) is 3.98. The molecule has 0 fully saturated rings. The summed E-state index contributed by atoms with van der Waals surface area (Å²) in [7, 11) is 0. The van der Waals surface area contributed by atoms with Gasteiger partial charge in [-0.1, -0.05) is 27.5 Å². The van der Waals surface area contributed by atoms with E-state index in [4.69, 9.17) is 11.6 Å². The topological polar surface area (TPSA) is 53.2 Å². The molecular weight excluding hydrogens is 412 g/mol. The Morgan fingerprint density at radius 3 is 3.04 bits per heavy atom. The van der Waals surface area contributed by atoms with Crippen molar-refractivity contribution in [3.05, 3.63) is 65.5 Å². The third-order valence-electron chi connectivity index (χ3n) is 4.25. The van der Waals surface area contributed by atoms with Crippen LogP contribution in [0.3, 0.4) is 0 Å². The highest BCUT2D eigenvalue weighted by molar-refractivity contribution is 9.10. The third-order valence-corrected chi connectivity index (χ3v) is 5.95. The molecule has 1 amide bonds. The number of hydrogen-bond donors (Lipinski definition) is 1. The summed E-state index contributed by atoms with van der Waals surface area (Å²) in [5.41, 5.74) is 1.69. The number of rotatable bonds is 1. The van der Waals surface area contributed by atoms with Gasteiger partial charge in [-0.15, -0.1) is 11.3 Å². The van der Waals surface area contributed by atoms with E-state index in [-0.39, 0.29) is 16.9 Å². The molecule has 122 valence electrons. The van der Waals surface area contributed by atoms with Gasteiger partial charge in [0.05, 0.1) is 17.1 Å². The fraction of sp³-hybridized carbons (Fsp3) is 0.176. The molecule has 1 N–H and O–H groups in total. The van der Waals surface area contributed by atoms with Crippen molar-refractivity contribution in [3.63, 3.8) is 0 Å². The lowest BCUT2D eigenvalue weighted by Crippen LogP contribution is -2.37. The summed E-state index contributed by atoms with van der Waals surface area (Å²) in [5.74, 6) is -0.242. The number of aromatic amines is 1. The molecule has 0 spiro atoms. The Hall–Kier alpha value is -1.63. The van der Waals surface area contributed by atoms with Crippen LogP contribution >= 0.6 is 38.9 Å². The summed E-state index contributed by atoms with van der Waals surface area (Å²) < 4.78 is 0.705. The number of carbonyl (C=O) groups is 1. The number of hydrogen-bond acceptors (Lipinski definition) is 3. The SMILES string of the molecule is O=C(c1c[nH]c2c(Cl)cc(Br)cc2c1=O)N1CCc2ccsc2C1. The summed E-state index contributed by atoms with van der Waals surface area (Å²) in [4.78, 5) is 31.5. The molecule has 0 aliphatic carbocycles. The highest BCUT2D eigenvalue weighted by Crippen LogP contribution is 2.27. The summed E-state index contributed by atoms with van der Waals surface area (Å²) in [6, 6.07) is 5.50. The number of thiophene rings is 1. The lowest BCUT2D eigenvalue weighted by atomic mass is 10.1. The normalized spacial score (nSPS) is 14.0. The van der Waals surface area contributed by atoms with Crippen LogP contribution in [0, 0.1) is 0 Å². The summed E-state index contributed by atoms with van der Waals surface area (Å²) >= 11 is 11.2. The average molecular weight is 424 g/mol. The van der Waals surface area contributed by atoms with Crippen LogP contribution in [0.25, 0.3) is 10.9 Å². The molecule has 1 aromatic carbocycles. The largest absolute Gasteiger partial charge is 0.359 e. The van der Waals surface area contributed by atoms with Crippen LogP contribution in [0.4, 0.5) is 0 Å². The van der Waals surface area contributed by atoms with E-state index in [1.807, 2.05) is 5.38 Å². The first-order valence-electron chi connectivity index (χ1n) is 7.39. The van der Waals surface area contributed by atoms with Gasteiger partial charge in [-0.05, 0) is 35.6 Å². The van der Waals surface area contributed by atoms with Crippen LogP contribution in [0.1, 0.15) is 20.8 Å². The smallest absolute Gasteiger partial charge is 0.259 e. The fourth-order valence-corrected chi connectivity index (χ4v) is 4.81. The molecule has 24 heavy (non-hydrogen) atoms. The van der Waals surface area contributed by atoms with Gasteiger partial charge < -0.3 is 9.88 Å². The number of nitrogens with zero attached hydrogens (tertiary/aromatic N) is 1. The zero-order valence-electron chi connectivity index (χ0n) is 12.4. The van der Waals surface area contributed by atoms with Gasteiger partial charge in [-0.25, -0.2) is 0 Å². The minimum Gasteiger partial charge on any atom is -0.359 e. The van der Waals surface area contributed by atoms with Crippen LogP contribution in [-0.2, 0) is 13.0 Å². The minimum absolute atomic E-state index is 0.150. The lowest BCUT2D eigenvalue weighted by Gasteiger charge is -2.26. The number of H-pyrrole nitrogens is 1. The number of benzene rings is 1. The Bertz CT molecular complexity index is 1030. The second kappa shape index (κ2) is 6.02. The minimum atomic E-state index is -0.297. The molecule has 4 rings (SSSR count). The van der Waals surface area contributed by atoms with Gasteiger partial charge >= 0.3 is 0 Å². The van der Waals surface area contributed by atoms with Gasteiger partial charge in [-0.2, -0.15) is 0 Å². The Balaban J connectivity index is 1.76. The molecule has 3 aromatic rings. The Labute approximate surface area is 155 Å². The van der Waals surface area contributed by atoms with E-state index < -0.39 is 0 Å². The van der Waals surface area contributed by atoms with E-state index in [0.717, 1.165) is 6.42 Å². The predicted octanol–water partition coefficient (Wildman–Crippen LogP) is 4.20. The molecule has 2 aromatic heterocycles. The summed E-state index contributed by atoms with van der Waals surface area (Å²) in [5, 5.41) is 2.90. The van der Waals surface area contributed by atoms with Crippen molar-refractivity contribution in [2.24, 2.45) is 0 Å². The standard InChI is InChI=1S/C17H12BrClN2O2S/c18-10-5-11-15(13(19)6-10)20-7-12(16(11)22)17(23)21-3-1-9-2-4-24-14(9)8-21/h2,4-7H,1,3,8H2,(H,20,22). The highest BCUT2D eigenvalue weighted by atomic mass is 79.9. The average Bonchev–Trinajstić information content (AvgIpc) is 3.03. The van der Waals surface area contributed by atoms with Crippen LogP contribution in [0.5, 0.6) is 0 Å². The first-order chi connectivity index (χ1) is 11.5. The van der Waals surface area contributed by atoms with Crippen molar-refractivity contribution < 1.29 is 4.79 Å². The maximum Gasteiger partial charge on any atom is 0.259 e. The van der Waals surface area contributed by atoms with Crippen molar-refractivity contribution in [1.82, 2.24) is 9.88 Å². The Morgan fingerprint density at radius 2 is 2.21 bits per heavy atom. The Morgan fingerprint density at radius 1 is 1.38 bits per heavy atom. The predicted molar refractivity (Wildman–Crippen MR) is 100 cm³/mol. The van der Waals surface area contributed by atoms with E-state index in [9.17, 15) is 9.59 Å². The molecule has 0 bridgehead atoms. The molecule has 0 atom stereocenters. The van der Waals surface area contributed by atoms with Gasteiger partial charge in [0, 0.05) is 27.5 Å². The first kappa shape index (κ1) is 15.9. The van der Waals surface area contributed by atoms with E-state index in [2.05, 4.69) is 27.0 Å². The number of amides is 1.